The molecule has 1 fully saturated rings. The lowest BCUT2D eigenvalue weighted by Crippen LogP contribution is -2.43. The van der Waals surface area contributed by atoms with Crippen LogP contribution in [0, 0.1) is 5.92 Å². The Morgan fingerprint density at radius 3 is 2.53 bits per heavy atom. The zero-order chi connectivity index (χ0) is 10.8. The summed E-state index contributed by atoms with van der Waals surface area (Å²) in [5, 5.41) is 8.47. The Balaban J connectivity index is 0.00000196. The Kier molecular flexibility index (Phi) is 5.55. The third kappa shape index (κ3) is 4.81. The second-order valence-corrected chi connectivity index (χ2v) is 5.99. The summed E-state index contributed by atoms with van der Waals surface area (Å²) in [6.07, 6.45) is 1.04. The summed E-state index contributed by atoms with van der Waals surface area (Å²) in [4.78, 5) is 10.3. The quantitative estimate of drug-likeness (QED) is 0.744. The van der Waals surface area contributed by atoms with E-state index in [9.17, 15) is 13.2 Å². The lowest BCUT2D eigenvalue weighted by molar-refractivity contribution is -0.137. The van der Waals surface area contributed by atoms with Crippen molar-refractivity contribution in [1.29, 1.82) is 0 Å². The highest BCUT2D eigenvalue weighted by molar-refractivity contribution is 7.91. The van der Waals surface area contributed by atoms with Crippen molar-refractivity contribution in [2.24, 2.45) is 11.7 Å². The third-order valence-electron chi connectivity index (χ3n) is 2.58. The van der Waals surface area contributed by atoms with Crippen LogP contribution in [-0.4, -0.2) is 37.0 Å². The molecule has 1 saturated heterocycles. The summed E-state index contributed by atoms with van der Waals surface area (Å²) < 4.78 is 22.3. The number of nitrogens with two attached hydrogens (primary N) is 1. The van der Waals surface area contributed by atoms with Crippen LogP contribution in [0.25, 0.3) is 0 Å². The molecule has 5 nitrogen and oxygen atoms in total. The van der Waals surface area contributed by atoms with Gasteiger partial charge < -0.3 is 10.8 Å². The number of halogens is 1. The normalized spacial score (nSPS) is 29.1. The lowest BCUT2D eigenvalue weighted by atomic mass is 9.93. The molecule has 15 heavy (non-hydrogen) atoms. The van der Waals surface area contributed by atoms with Crippen LogP contribution in [0.15, 0.2) is 0 Å². The first-order valence-corrected chi connectivity index (χ1v) is 6.40. The molecule has 1 rings (SSSR count). The number of carboxylic acids is 1. The van der Waals surface area contributed by atoms with Crippen molar-refractivity contribution in [2.45, 2.75) is 25.3 Å². The zero-order valence-corrected chi connectivity index (χ0v) is 9.89. The van der Waals surface area contributed by atoms with Gasteiger partial charge in [-0.2, -0.15) is 0 Å². The Bertz CT molecular complexity index is 317. The van der Waals surface area contributed by atoms with E-state index in [0.717, 1.165) is 0 Å². The van der Waals surface area contributed by atoms with E-state index in [1.54, 1.807) is 0 Å². The highest BCUT2D eigenvalue weighted by Crippen LogP contribution is 2.22. The van der Waals surface area contributed by atoms with Gasteiger partial charge in [-0.3, -0.25) is 4.79 Å². The molecule has 0 amide bonds. The van der Waals surface area contributed by atoms with Gasteiger partial charge in [0, 0.05) is 12.5 Å². The molecule has 1 heterocycles. The Morgan fingerprint density at radius 2 is 2.07 bits per heavy atom. The second-order valence-electron chi connectivity index (χ2n) is 3.76. The topological polar surface area (TPSA) is 97.5 Å². The number of rotatable bonds is 3. The SMILES string of the molecule is Cl.NC1CS(=O)(=O)CCC1CCC(=O)O. The first-order valence-electron chi connectivity index (χ1n) is 4.58. The van der Waals surface area contributed by atoms with Gasteiger partial charge in [0.15, 0.2) is 9.84 Å². The molecular formula is C8H16ClNO4S. The molecule has 1 aliphatic rings. The van der Waals surface area contributed by atoms with Gasteiger partial charge in [0.25, 0.3) is 0 Å². The number of carbonyl (C=O) groups is 1. The van der Waals surface area contributed by atoms with E-state index in [1.807, 2.05) is 0 Å². The van der Waals surface area contributed by atoms with Crippen molar-refractivity contribution in [1.82, 2.24) is 0 Å². The molecule has 0 aromatic carbocycles. The maximum atomic E-state index is 11.1. The van der Waals surface area contributed by atoms with Gasteiger partial charge in [-0.1, -0.05) is 0 Å². The number of sulfone groups is 1. The van der Waals surface area contributed by atoms with E-state index < -0.39 is 21.8 Å². The predicted octanol–water partition coefficient (Wildman–Crippen LogP) is 0.0350. The van der Waals surface area contributed by atoms with E-state index in [-0.39, 0.29) is 36.3 Å². The Hall–Kier alpha value is -0.330. The van der Waals surface area contributed by atoms with Crippen LogP contribution in [0.3, 0.4) is 0 Å². The number of aliphatic carboxylic acids is 1. The average molecular weight is 258 g/mol. The van der Waals surface area contributed by atoms with E-state index >= 15 is 0 Å². The Morgan fingerprint density at radius 1 is 1.47 bits per heavy atom. The van der Waals surface area contributed by atoms with Gasteiger partial charge in [-0.05, 0) is 18.8 Å². The molecule has 0 saturated carbocycles. The number of hydrogen-bond donors (Lipinski definition) is 2. The molecule has 3 N–H and O–H groups in total. The van der Waals surface area contributed by atoms with Crippen LogP contribution < -0.4 is 5.73 Å². The zero-order valence-electron chi connectivity index (χ0n) is 8.26. The number of carboxylic acid groups (broad SMARTS) is 1. The minimum Gasteiger partial charge on any atom is -0.481 e. The predicted molar refractivity (Wildman–Crippen MR) is 58.9 cm³/mol. The fourth-order valence-corrected chi connectivity index (χ4v) is 3.41. The maximum Gasteiger partial charge on any atom is 0.303 e. The molecule has 0 aromatic rings. The van der Waals surface area contributed by atoms with Crippen LogP contribution in [0.5, 0.6) is 0 Å². The van der Waals surface area contributed by atoms with Gasteiger partial charge in [-0.25, -0.2) is 8.42 Å². The van der Waals surface area contributed by atoms with Crippen LogP contribution >= 0.6 is 12.4 Å². The summed E-state index contributed by atoms with van der Waals surface area (Å²) in [5.74, 6) is -0.678. The highest BCUT2D eigenvalue weighted by atomic mass is 35.5. The monoisotopic (exact) mass is 257 g/mol. The lowest BCUT2D eigenvalue weighted by Gasteiger charge is -2.27. The fraction of sp³-hybridized carbons (Fsp3) is 0.875. The first-order chi connectivity index (χ1) is 6.41. The number of hydrogen-bond acceptors (Lipinski definition) is 4. The van der Waals surface area contributed by atoms with Crippen LogP contribution in [0.2, 0.25) is 0 Å². The highest BCUT2D eigenvalue weighted by Gasteiger charge is 2.30. The van der Waals surface area contributed by atoms with E-state index in [1.165, 1.54) is 0 Å². The van der Waals surface area contributed by atoms with Crippen molar-refractivity contribution in [3.05, 3.63) is 0 Å². The molecule has 0 aliphatic carbocycles. The molecule has 1 aliphatic heterocycles. The summed E-state index contributed by atoms with van der Waals surface area (Å²) in [5.41, 5.74) is 5.67. The third-order valence-corrected chi connectivity index (χ3v) is 4.33. The van der Waals surface area contributed by atoms with Crippen LogP contribution in [0.1, 0.15) is 19.3 Å². The smallest absolute Gasteiger partial charge is 0.303 e. The van der Waals surface area contributed by atoms with Crippen molar-refractivity contribution in [3.63, 3.8) is 0 Å². The van der Waals surface area contributed by atoms with Crippen molar-refractivity contribution >= 4 is 28.2 Å². The summed E-state index contributed by atoms with van der Waals surface area (Å²) in [6.45, 7) is 0. The maximum absolute atomic E-state index is 11.1. The van der Waals surface area contributed by atoms with Gasteiger partial charge in [-0.15, -0.1) is 12.4 Å². The van der Waals surface area contributed by atoms with Crippen molar-refractivity contribution < 1.29 is 18.3 Å². The van der Waals surface area contributed by atoms with Crippen LogP contribution in [0.4, 0.5) is 0 Å². The van der Waals surface area contributed by atoms with E-state index in [2.05, 4.69) is 0 Å². The molecule has 0 aromatic heterocycles. The fourth-order valence-electron chi connectivity index (χ4n) is 1.72. The van der Waals surface area contributed by atoms with Gasteiger partial charge in [0.05, 0.1) is 11.5 Å². The standard InChI is InChI=1S/C8H15NO4S.ClH/c9-7-5-14(12,13)4-3-6(7)1-2-8(10)11;/h6-7H,1-5,9H2,(H,10,11);1H. The van der Waals surface area contributed by atoms with Gasteiger partial charge >= 0.3 is 5.97 Å². The minimum absolute atomic E-state index is 0. The molecule has 7 heteroatoms. The molecule has 0 spiro atoms. The summed E-state index contributed by atoms with van der Waals surface area (Å²) in [6, 6.07) is -0.395. The van der Waals surface area contributed by atoms with Crippen LogP contribution in [-0.2, 0) is 14.6 Å². The molecular weight excluding hydrogens is 242 g/mol. The summed E-state index contributed by atoms with van der Waals surface area (Å²) in [7, 11) is -2.98. The van der Waals surface area contributed by atoms with E-state index in [0.29, 0.717) is 12.8 Å². The molecule has 90 valence electrons. The molecule has 2 unspecified atom stereocenters. The molecule has 2 atom stereocenters. The average Bonchev–Trinajstić information content (AvgIpc) is 2.00. The molecule has 0 radical (unpaired) electrons. The molecule has 0 bridgehead atoms. The second kappa shape index (κ2) is 5.67. The van der Waals surface area contributed by atoms with Gasteiger partial charge in [0.2, 0.25) is 0 Å². The first kappa shape index (κ1) is 14.7. The minimum atomic E-state index is -2.98. The largest absolute Gasteiger partial charge is 0.481 e. The Labute approximate surface area is 95.4 Å². The van der Waals surface area contributed by atoms with Crippen molar-refractivity contribution in [3.8, 4) is 0 Å². The van der Waals surface area contributed by atoms with Gasteiger partial charge in [0.1, 0.15) is 0 Å². The van der Waals surface area contributed by atoms with Crippen molar-refractivity contribution in [2.75, 3.05) is 11.5 Å². The van der Waals surface area contributed by atoms with E-state index in [4.69, 9.17) is 10.8 Å². The summed E-state index contributed by atoms with van der Waals surface area (Å²) >= 11 is 0.